The van der Waals surface area contributed by atoms with Crippen LogP contribution < -0.4 is 5.73 Å². The number of anilines is 1. The second-order valence-corrected chi connectivity index (χ2v) is 6.14. The summed E-state index contributed by atoms with van der Waals surface area (Å²) < 4.78 is 6.33. The van der Waals surface area contributed by atoms with E-state index >= 15 is 0 Å². The van der Waals surface area contributed by atoms with Crippen LogP contribution in [0, 0.1) is 0 Å². The Morgan fingerprint density at radius 3 is 2.52 bits per heavy atom. The fraction of sp³-hybridized carbons (Fsp3) is 0. The van der Waals surface area contributed by atoms with Crippen molar-refractivity contribution in [3.05, 3.63) is 57.0 Å². The van der Waals surface area contributed by atoms with Crippen molar-refractivity contribution >= 4 is 44.9 Å². The number of benzene rings is 2. The minimum atomic E-state index is 0.309. The maximum Gasteiger partial charge on any atom is 0.176 e. The second-order valence-electron chi connectivity index (χ2n) is 4.41. The van der Waals surface area contributed by atoms with Gasteiger partial charge in [-0.15, -0.1) is 0 Å². The molecule has 0 amide bonds. The summed E-state index contributed by atoms with van der Waals surface area (Å²) in [4.78, 5) is 0. The molecule has 0 aliphatic carbocycles. The summed E-state index contributed by atoms with van der Waals surface area (Å²) in [5.41, 5.74) is 8.32. The smallest absolute Gasteiger partial charge is 0.176 e. The zero-order valence-corrected chi connectivity index (χ0v) is 13.7. The highest BCUT2D eigenvalue weighted by atomic mass is 79.9. The minimum absolute atomic E-state index is 0.309. The standard InChI is InChI=1S/C15H9BrCl2N2O/c16-10-3-1-2-9(6-10)14-13(15(19)20-21-14)8-4-5-11(17)12(18)7-8/h1-7H,(H2,19,20). The van der Waals surface area contributed by atoms with Crippen LogP contribution in [-0.4, -0.2) is 5.16 Å². The average molecular weight is 384 g/mol. The highest BCUT2D eigenvalue weighted by Crippen LogP contribution is 2.39. The van der Waals surface area contributed by atoms with Crippen LogP contribution in [0.3, 0.4) is 0 Å². The van der Waals surface area contributed by atoms with Crippen LogP contribution >= 0.6 is 39.1 Å². The van der Waals surface area contributed by atoms with E-state index in [1.807, 2.05) is 30.3 Å². The predicted octanol–water partition coefficient (Wildman–Crippen LogP) is 5.66. The molecule has 0 fully saturated rings. The predicted molar refractivity (Wildman–Crippen MR) is 89.5 cm³/mol. The number of hydrogen-bond donors (Lipinski definition) is 1. The lowest BCUT2D eigenvalue weighted by Gasteiger charge is -2.05. The molecule has 106 valence electrons. The van der Waals surface area contributed by atoms with E-state index < -0.39 is 0 Å². The van der Waals surface area contributed by atoms with E-state index in [2.05, 4.69) is 21.1 Å². The molecule has 2 aromatic carbocycles. The Kier molecular flexibility index (Phi) is 3.93. The molecule has 3 nitrogen and oxygen atoms in total. The molecule has 2 N–H and O–H groups in total. The second kappa shape index (κ2) is 5.72. The monoisotopic (exact) mass is 382 g/mol. The van der Waals surface area contributed by atoms with E-state index in [1.54, 1.807) is 12.1 Å². The molecule has 0 radical (unpaired) electrons. The van der Waals surface area contributed by atoms with E-state index in [0.29, 0.717) is 27.2 Å². The molecule has 0 atom stereocenters. The third kappa shape index (κ3) is 2.79. The van der Waals surface area contributed by atoms with Crippen molar-refractivity contribution in [3.63, 3.8) is 0 Å². The molecular weight excluding hydrogens is 375 g/mol. The van der Waals surface area contributed by atoms with Gasteiger partial charge in [-0.3, -0.25) is 0 Å². The molecule has 3 aromatic rings. The zero-order chi connectivity index (χ0) is 15.0. The van der Waals surface area contributed by atoms with Crippen LogP contribution in [0.15, 0.2) is 51.5 Å². The molecule has 1 heterocycles. The van der Waals surface area contributed by atoms with Gasteiger partial charge in [0.1, 0.15) is 0 Å². The first-order valence-electron chi connectivity index (χ1n) is 6.03. The first-order valence-corrected chi connectivity index (χ1v) is 7.57. The van der Waals surface area contributed by atoms with Gasteiger partial charge in [-0.05, 0) is 29.8 Å². The summed E-state index contributed by atoms with van der Waals surface area (Å²) >= 11 is 15.5. The Balaban J connectivity index is 2.19. The Morgan fingerprint density at radius 1 is 1.00 bits per heavy atom. The van der Waals surface area contributed by atoms with Gasteiger partial charge in [0.25, 0.3) is 0 Å². The Morgan fingerprint density at radius 2 is 1.81 bits per heavy atom. The molecule has 21 heavy (non-hydrogen) atoms. The molecule has 0 saturated carbocycles. The third-order valence-electron chi connectivity index (χ3n) is 3.01. The highest BCUT2D eigenvalue weighted by Gasteiger charge is 2.18. The van der Waals surface area contributed by atoms with E-state index in [0.717, 1.165) is 15.6 Å². The van der Waals surface area contributed by atoms with Gasteiger partial charge in [0, 0.05) is 10.0 Å². The SMILES string of the molecule is Nc1noc(-c2cccc(Br)c2)c1-c1ccc(Cl)c(Cl)c1. The maximum atomic E-state index is 6.08. The van der Waals surface area contributed by atoms with Gasteiger partial charge in [-0.2, -0.15) is 0 Å². The normalized spacial score (nSPS) is 10.8. The molecule has 1 aromatic heterocycles. The molecular formula is C15H9BrCl2N2O. The summed E-state index contributed by atoms with van der Waals surface area (Å²) in [6, 6.07) is 13.0. The van der Waals surface area contributed by atoms with Crippen LogP contribution in [0.5, 0.6) is 0 Å². The van der Waals surface area contributed by atoms with E-state index in [1.165, 1.54) is 0 Å². The lowest BCUT2D eigenvalue weighted by molar-refractivity contribution is 0.436. The van der Waals surface area contributed by atoms with E-state index in [4.69, 9.17) is 33.5 Å². The number of nitrogen functional groups attached to an aromatic ring is 1. The maximum absolute atomic E-state index is 6.08. The van der Waals surface area contributed by atoms with Gasteiger partial charge in [-0.25, -0.2) is 0 Å². The number of halogens is 3. The van der Waals surface area contributed by atoms with Crippen molar-refractivity contribution in [2.75, 3.05) is 5.73 Å². The van der Waals surface area contributed by atoms with Crippen molar-refractivity contribution in [1.82, 2.24) is 5.16 Å². The van der Waals surface area contributed by atoms with Gasteiger partial charge < -0.3 is 10.3 Å². The van der Waals surface area contributed by atoms with E-state index in [9.17, 15) is 0 Å². The lowest BCUT2D eigenvalue weighted by Crippen LogP contribution is -1.89. The van der Waals surface area contributed by atoms with Crippen LogP contribution in [0.1, 0.15) is 0 Å². The molecule has 3 rings (SSSR count). The van der Waals surface area contributed by atoms with Crippen LogP contribution in [-0.2, 0) is 0 Å². The van der Waals surface area contributed by atoms with Crippen molar-refractivity contribution in [2.45, 2.75) is 0 Å². The van der Waals surface area contributed by atoms with Crippen molar-refractivity contribution in [3.8, 4) is 22.5 Å². The number of rotatable bonds is 2. The number of aromatic nitrogens is 1. The summed E-state index contributed by atoms with van der Waals surface area (Å²) in [5, 5.41) is 4.80. The largest absolute Gasteiger partial charge is 0.380 e. The number of hydrogen-bond acceptors (Lipinski definition) is 3. The molecule has 0 saturated heterocycles. The van der Waals surface area contributed by atoms with Gasteiger partial charge in [-0.1, -0.05) is 62.5 Å². The number of nitrogens with two attached hydrogens (primary N) is 1. The van der Waals surface area contributed by atoms with Crippen LogP contribution in [0.2, 0.25) is 10.0 Å². The summed E-state index contributed by atoms with van der Waals surface area (Å²) in [7, 11) is 0. The van der Waals surface area contributed by atoms with Gasteiger partial charge in [0.2, 0.25) is 0 Å². The van der Waals surface area contributed by atoms with Crippen molar-refractivity contribution < 1.29 is 4.52 Å². The van der Waals surface area contributed by atoms with Crippen LogP contribution in [0.25, 0.3) is 22.5 Å². The molecule has 6 heteroatoms. The lowest BCUT2D eigenvalue weighted by atomic mass is 10.0. The molecule has 0 spiro atoms. The van der Waals surface area contributed by atoms with Crippen molar-refractivity contribution in [1.29, 1.82) is 0 Å². The fourth-order valence-electron chi connectivity index (χ4n) is 2.06. The summed E-state index contributed by atoms with van der Waals surface area (Å²) in [6.07, 6.45) is 0. The molecule has 0 bridgehead atoms. The zero-order valence-electron chi connectivity index (χ0n) is 10.6. The summed E-state index contributed by atoms with van der Waals surface area (Å²) in [6.45, 7) is 0. The molecule has 0 aliphatic rings. The fourth-order valence-corrected chi connectivity index (χ4v) is 2.76. The van der Waals surface area contributed by atoms with Gasteiger partial charge in [0.05, 0.1) is 15.6 Å². The Labute approximate surface area is 139 Å². The van der Waals surface area contributed by atoms with Crippen LogP contribution in [0.4, 0.5) is 5.82 Å². The van der Waals surface area contributed by atoms with Gasteiger partial charge in [0.15, 0.2) is 11.6 Å². The first kappa shape index (κ1) is 14.4. The van der Waals surface area contributed by atoms with Crippen molar-refractivity contribution in [2.24, 2.45) is 0 Å². The molecule has 0 unspecified atom stereocenters. The van der Waals surface area contributed by atoms with Gasteiger partial charge >= 0.3 is 0 Å². The summed E-state index contributed by atoms with van der Waals surface area (Å²) in [5.74, 6) is 0.899. The highest BCUT2D eigenvalue weighted by molar-refractivity contribution is 9.10. The molecule has 0 aliphatic heterocycles. The quantitative estimate of drug-likeness (QED) is 0.621. The topological polar surface area (TPSA) is 52.0 Å². The third-order valence-corrected chi connectivity index (χ3v) is 4.25. The Hall–Kier alpha value is -1.49. The average Bonchev–Trinajstić information content (AvgIpc) is 2.84. The number of nitrogens with zero attached hydrogens (tertiary/aromatic N) is 1. The Bertz CT molecular complexity index is 817. The first-order chi connectivity index (χ1) is 10.1. The van der Waals surface area contributed by atoms with E-state index in [-0.39, 0.29) is 0 Å². The minimum Gasteiger partial charge on any atom is -0.380 e.